The van der Waals surface area contributed by atoms with Crippen molar-refractivity contribution in [3.63, 3.8) is 0 Å². The van der Waals surface area contributed by atoms with Crippen LogP contribution in [0.1, 0.15) is 46.1 Å². The molecule has 1 heterocycles. The fourth-order valence-corrected chi connectivity index (χ4v) is 3.36. The van der Waals surface area contributed by atoms with E-state index in [1.807, 2.05) is 30.0 Å². The molecule has 0 amide bonds. The van der Waals surface area contributed by atoms with Crippen molar-refractivity contribution in [2.45, 2.75) is 52.1 Å². The summed E-state index contributed by atoms with van der Waals surface area (Å²) in [6, 6.07) is 5.32. The van der Waals surface area contributed by atoms with Crippen LogP contribution in [0.3, 0.4) is 0 Å². The van der Waals surface area contributed by atoms with Gasteiger partial charge in [0.25, 0.3) is 0 Å². The summed E-state index contributed by atoms with van der Waals surface area (Å²) in [6.07, 6.45) is 3.58. The lowest BCUT2D eigenvalue weighted by Gasteiger charge is -2.46. The topological polar surface area (TPSA) is 49.8 Å². The zero-order valence-electron chi connectivity index (χ0n) is 14.0. The van der Waals surface area contributed by atoms with Crippen LogP contribution in [0.15, 0.2) is 24.3 Å². The van der Waals surface area contributed by atoms with Gasteiger partial charge in [-0.2, -0.15) is 0 Å². The number of carboxylic acids is 1. The molecule has 0 aliphatic carbocycles. The maximum absolute atomic E-state index is 11.8. The van der Waals surface area contributed by atoms with Crippen LogP contribution in [0.25, 0.3) is 5.57 Å². The van der Waals surface area contributed by atoms with E-state index < -0.39 is 12.0 Å². The summed E-state index contributed by atoms with van der Waals surface area (Å²) in [5, 5.41) is 9.71. The molecule has 0 unspecified atom stereocenters. The molecule has 1 aliphatic rings. The van der Waals surface area contributed by atoms with E-state index in [0.717, 1.165) is 23.4 Å². The second-order valence-electron chi connectivity index (χ2n) is 6.38. The fraction of sp³-hybridized carbons (Fsp3) is 0.500. The number of fused-ring (bicyclic) bond motifs is 1. The van der Waals surface area contributed by atoms with Gasteiger partial charge in [-0.15, -0.1) is 0 Å². The summed E-state index contributed by atoms with van der Waals surface area (Å²) in [7, 11) is 1.63. The molecule has 0 radical (unpaired) electrons. The lowest BCUT2D eigenvalue weighted by molar-refractivity contribution is -0.139. The summed E-state index contributed by atoms with van der Waals surface area (Å²) in [5.41, 5.74) is 2.81. The van der Waals surface area contributed by atoms with Gasteiger partial charge in [0.05, 0.1) is 12.6 Å². The van der Waals surface area contributed by atoms with Gasteiger partial charge < -0.3 is 14.7 Å². The number of aliphatic carboxylic acids is 1. The summed E-state index contributed by atoms with van der Waals surface area (Å²) in [6.45, 7) is 8.20. The van der Waals surface area contributed by atoms with Crippen molar-refractivity contribution in [2.24, 2.45) is 0 Å². The van der Waals surface area contributed by atoms with Gasteiger partial charge in [-0.3, -0.25) is 0 Å². The molecule has 4 nitrogen and oxygen atoms in total. The molecule has 4 heteroatoms. The summed E-state index contributed by atoms with van der Waals surface area (Å²) in [5.74, 6) is -0.0356. The highest BCUT2D eigenvalue weighted by molar-refractivity contribution is 5.87. The second kappa shape index (κ2) is 6.03. The molecule has 0 spiro atoms. The number of methoxy groups -OCH3 is 1. The Labute approximate surface area is 132 Å². The summed E-state index contributed by atoms with van der Waals surface area (Å²) < 4.78 is 5.34. The highest BCUT2D eigenvalue weighted by Crippen LogP contribution is 2.42. The predicted molar refractivity (Wildman–Crippen MR) is 89.5 cm³/mol. The number of nitrogens with zero attached hydrogens (tertiary/aromatic N) is 1. The molecule has 0 fully saturated rings. The molecular weight excluding hydrogens is 278 g/mol. The van der Waals surface area contributed by atoms with E-state index in [0.29, 0.717) is 6.42 Å². The predicted octanol–water partition coefficient (Wildman–Crippen LogP) is 3.95. The molecule has 1 N–H and O–H groups in total. The van der Waals surface area contributed by atoms with E-state index in [1.54, 1.807) is 7.11 Å². The third-order valence-electron chi connectivity index (χ3n) is 4.24. The van der Waals surface area contributed by atoms with E-state index >= 15 is 0 Å². The van der Waals surface area contributed by atoms with E-state index in [1.165, 1.54) is 5.57 Å². The molecule has 22 heavy (non-hydrogen) atoms. The first-order chi connectivity index (χ1) is 10.3. The smallest absolute Gasteiger partial charge is 0.326 e. The molecule has 2 rings (SSSR count). The van der Waals surface area contributed by atoms with Crippen molar-refractivity contribution in [2.75, 3.05) is 12.0 Å². The quantitative estimate of drug-likeness (QED) is 0.895. The zero-order valence-corrected chi connectivity index (χ0v) is 14.0. The number of benzene rings is 1. The normalized spacial score (nSPS) is 17.5. The minimum atomic E-state index is -0.781. The number of rotatable bonds is 5. The highest BCUT2D eigenvalue weighted by atomic mass is 16.5. The first kappa shape index (κ1) is 16.4. The Balaban J connectivity index is 2.63. The Hall–Kier alpha value is -1.97. The van der Waals surface area contributed by atoms with Gasteiger partial charge in [0, 0.05) is 17.3 Å². The molecule has 0 saturated carbocycles. The van der Waals surface area contributed by atoms with Crippen LogP contribution < -0.4 is 9.64 Å². The van der Waals surface area contributed by atoms with Gasteiger partial charge in [-0.1, -0.05) is 19.4 Å². The van der Waals surface area contributed by atoms with Crippen molar-refractivity contribution in [1.29, 1.82) is 0 Å². The monoisotopic (exact) mass is 303 g/mol. The summed E-state index contributed by atoms with van der Waals surface area (Å²) >= 11 is 0. The zero-order chi connectivity index (χ0) is 16.5. The number of ether oxygens (including phenoxy) is 1. The first-order valence-corrected chi connectivity index (χ1v) is 7.71. The maximum atomic E-state index is 11.8. The van der Waals surface area contributed by atoms with Crippen LogP contribution >= 0.6 is 0 Å². The van der Waals surface area contributed by atoms with Crippen LogP contribution in [-0.2, 0) is 4.79 Å². The Bertz CT molecular complexity index is 604. The molecule has 0 aromatic heterocycles. The minimum Gasteiger partial charge on any atom is -0.497 e. The van der Waals surface area contributed by atoms with Crippen LogP contribution in [0, 0.1) is 0 Å². The second-order valence-corrected chi connectivity index (χ2v) is 6.38. The van der Waals surface area contributed by atoms with Crippen LogP contribution in [0.2, 0.25) is 0 Å². The Kier molecular flexibility index (Phi) is 4.50. The van der Waals surface area contributed by atoms with Crippen LogP contribution in [0.4, 0.5) is 5.69 Å². The lowest BCUT2D eigenvalue weighted by atomic mass is 9.86. The standard InChI is InChI=1S/C18H25NO3/c1-6-7-15(17(20)21)19-16-10-13(22-5)8-9-14(16)12(2)11-18(19,3)4/h8-11,15H,6-7H2,1-5H3,(H,20,21)/t15-/m1/s1. The van der Waals surface area contributed by atoms with Crippen molar-refractivity contribution < 1.29 is 14.6 Å². The van der Waals surface area contributed by atoms with Gasteiger partial charge in [0.15, 0.2) is 0 Å². The molecule has 1 aromatic carbocycles. The molecule has 120 valence electrons. The first-order valence-electron chi connectivity index (χ1n) is 7.71. The Morgan fingerprint density at radius 1 is 1.41 bits per heavy atom. The van der Waals surface area contributed by atoms with E-state index in [-0.39, 0.29) is 5.54 Å². The van der Waals surface area contributed by atoms with Gasteiger partial charge in [-0.05, 0) is 44.9 Å². The Morgan fingerprint density at radius 3 is 2.64 bits per heavy atom. The van der Waals surface area contributed by atoms with Gasteiger partial charge >= 0.3 is 5.97 Å². The number of hydrogen-bond donors (Lipinski definition) is 1. The molecule has 1 aliphatic heterocycles. The number of carbonyl (C=O) groups is 1. The van der Waals surface area contributed by atoms with Crippen molar-refractivity contribution in [3.05, 3.63) is 29.8 Å². The highest BCUT2D eigenvalue weighted by Gasteiger charge is 2.39. The SMILES string of the molecule is CCC[C@H](C(=O)O)N1c2cc(OC)ccc2C(C)=CC1(C)C. The summed E-state index contributed by atoms with van der Waals surface area (Å²) in [4.78, 5) is 13.8. The lowest BCUT2D eigenvalue weighted by Crippen LogP contribution is -2.54. The van der Waals surface area contributed by atoms with Gasteiger partial charge in [0.1, 0.15) is 11.8 Å². The van der Waals surface area contributed by atoms with Gasteiger partial charge in [0.2, 0.25) is 0 Å². The van der Waals surface area contributed by atoms with Crippen molar-refractivity contribution in [1.82, 2.24) is 0 Å². The molecule has 1 aromatic rings. The number of anilines is 1. The molecule has 0 bridgehead atoms. The minimum absolute atomic E-state index is 0.359. The largest absolute Gasteiger partial charge is 0.497 e. The third-order valence-corrected chi connectivity index (χ3v) is 4.24. The maximum Gasteiger partial charge on any atom is 0.326 e. The third kappa shape index (κ3) is 2.82. The fourth-order valence-electron chi connectivity index (χ4n) is 3.36. The van der Waals surface area contributed by atoms with E-state index in [9.17, 15) is 9.90 Å². The van der Waals surface area contributed by atoms with Crippen molar-refractivity contribution in [3.8, 4) is 5.75 Å². The number of allylic oxidation sites excluding steroid dienone is 1. The average molecular weight is 303 g/mol. The molecule has 1 atom stereocenters. The van der Waals surface area contributed by atoms with E-state index in [2.05, 4.69) is 26.8 Å². The average Bonchev–Trinajstić information content (AvgIpc) is 2.44. The van der Waals surface area contributed by atoms with E-state index in [4.69, 9.17) is 4.74 Å². The molecular formula is C18H25NO3. The Morgan fingerprint density at radius 2 is 2.09 bits per heavy atom. The number of hydrogen-bond acceptors (Lipinski definition) is 3. The van der Waals surface area contributed by atoms with Crippen LogP contribution in [0.5, 0.6) is 5.75 Å². The molecule has 0 saturated heterocycles. The van der Waals surface area contributed by atoms with Gasteiger partial charge in [-0.25, -0.2) is 4.79 Å². The number of carboxylic acid groups (broad SMARTS) is 1. The van der Waals surface area contributed by atoms with Crippen LogP contribution in [-0.4, -0.2) is 29.8 Å². The van der Waals surface area contributed by atoms with Crippen molar-refractivity contribution >= 4 is 17.2 Å².